The Bertz CT molecular complexity index is 166. The lowest BCUT2D eigenvalue weighted by Gasteiger charge is -2.28. The lowest BCUT2D eigenvalue weighted by molar-refractivity contribution is -0.0398. The maximum atomic E-state index is 8.30. The van der Waals surface area contributed by atoms with Crippen LogP contribution in [-0.2, 0) is 4.74 Å². The van der Waals surface area contributed by atoms with Crippen molar-refractivity contribution in [3.05, 3.63) is 0 Å². The summed E-state index contributed by atoms with van der Waals surface area (Å²) in [4.78, 5) is 0. The predicted molar refractivity (Wildman–Crippen MR) is 46.2 cm³/mol. The van der Waals surface area contributed by atoms with Crippen molar-refractivity contribution in [3.8, 4) is 0 Å². The molecule has 1 rings (SSSR count). The van der Waals surface area contributed by atoms with E-state index in [0.29, 0.717) is 12.5 Å². The standard InChI is InChI=1S/C8H16N2O2/c1-6(5-8(9)10-11)12-7-3-2-4-7/h6-7,11H,2-5H2,1H3,(H2,9,10). The van der Waals surface area contributed by atoms with Gasteiger partial charge in [0.25, 0.3) is 0 Å². The summed E-state index contributed by atoms with van der Waals surface area (Å²) in [5, 5.41) is 11.2. The summed E-state index contributed by atoms with van der Waals surface area (Å²) in [6, 6.07) is 0. The van der Waals surface area contributed by atoms with Crippen LogP contribution in [0.1, 0.15) is 32.6 Å². The molecule has 0 aromatic heterocycles. The first-order valence-corrected chi connectivity index (χ1v) is 4.34. The summed E-state index contributed by atoms with van der Waals surface area (Å²) < 4.78 is 5.59. The van der Waals surface area contributed by atoms with Gasteiger partial charge in [-0.15, -0.1) is 0 Å². The van der Waals surface area contributed by atoms with Gasteiger partial charge in [-0.3, -0.25) is 0 Å². The number of nitrogens with two attached hydrogens (primary N) is 1. The van der Waals surface area contributed by atoms with Crippen LogP contribution in [0.15, 0.2) is 5.16 Å². The molecule has 0 spiro atoms. The molecule has 0 aromatic rings. The molecule has 0 bridgehead atoms. The van der Waals surface area contributed by atoms with Crippen molar-refractivity contribution in [2.24, 2.45) is 10.9 Å². The zero-order chi connectivity index (χ0) is 8.97. The van der Waals surface area contributed by atoms with E-state index in [1.165, 1.54) is 6.42 Å². The Morgan fingerprint density at radius 1 is 1.75 bits per heavy atom. The molecule has 1 aliphatic carbocycles. The molecular formula is C8H16N2O2. The second kappa shape index (κ2) is 4.30. The lowest BCUT2D eigenvalue weighted by Crippen LogP contribution is -2.29. The fourth-order valence-corrected chi connectivity index (χ4v) is 1.22. The van der Waals surface area contributed by atoms with Crippen LogP contribution in [0, 0.1) is 0 Å². The van der Waals surface area contributed by atoms with Gasteiger partial charge in [-0.1, -0.05) is 5.16 Å². The SMILES string of the molecule is CC(CC(N)=NO)OC1CCC1. The van der Waals surface area contributed by atoms with Gasteiger partial charge in [-0.05, 0) is 26.2 Å². The molecular weight excluding hydrogens is 156 g/mol. The first-order valence-electron chi connectivity index (χ1n) is 4.34. The molecule has 70 valence electrons. The summed E-state index contributed by atoms with van der Waals surface area (Å²) in [6.45, 7) is 1.94. The number of amidine groups is 1. The normalized spacial score (nSPS) is 21.9. The molecule has 4 nitrogen and oxygen atoms in total. The first kappa shape index (κ1) is 9.32. The van der Waals surface area contributed by atoms with Gasteiger partial charge in [0.2, 0.25) is 0 Å². The molecule has 0 amide bonds. The van der Waals surface area contributed by atoms with E-state index in [9.17, 15) is 0 Å². The monoisotopic (exact) mass is 172 g/mol. The average Bonchev–Trinajstić information content (AvgIpc) is 1.97. The second-order valence-corrected chi connectivity index (χ2v) is 3.30. The van der Waals surface area contributed by atoms with Crippen molar-refractivity contribution in [2.45, 2.75) is 44.8 Å². The van der Waals surface area contributed by atoms with Crippen molar-refractivity contribution in [1.82, 2.24) is 0 Å². The van der Waals surface area contributed by atoms with Gasteiger partial charge < -0.3 is 15.7 Å². The number of hydrogen-bond acceptors (Lipinski definition) is 3. The summed E-state index contributed by atoms with van der Waals surface area (Å²) in [7, 11) is 0. The third-order valence-corrected chi connectivity index (χ3v) is 2.10. The van der Waals surface area contributed by atoms with E-state index in [0.717, 1.165) is 12.8 Å². The van der Waals surface area contributed by atoms with Crippen molar-refractivity contribution >= 4 is 5.84 Å². The topological polar surface area (TPSA) is 67.8 Å². The summed E-state index contributed by atoms with van der Waals surface area (Å²) in [6.07, 6.45) is 4.55. The average molecular weight is 172 g/mol. The van der Waals surface area contributed by atoms with Crippen LogP contribution in [0.25, 0.3) is 0 Å². The lowest BCUT2D eigenvalue weighted by atomic mass is 9.96. The molecule has 0 aromatic carbocycles. The first-order chi connectivity index (χ1) is 5.72. The summed E-state index contributed by atoms with van der Waals surface area (Å²) in [5.41, 5.74) is 5.33. The van der Waals surface area contributed by atoms with Crippen LogP contribution in [-0.4, -0.2) is 23.3 Å². The van der Waals surface area contributed by atoms with Crippen LogP contribution in [0.3, 0.4) is 0 Å². The van der Waals surface area contributed by atoms with Gasteiger partial charge in [-0.25, -0.2) is 0 Å². The molecule has 1 aliphatic rings. The van der Waals surface area contributed by atoms with E-state index in [1.54, 1.807) is 0 Å². The molecule has 0 saturated heterocycles. The van der Waals surface area contributed by atoms with Crippen LogP contribution < -0.4 is 5.73 Å². The van der Waals surface area contributed by atoms with E-state index >= 15 is 0 Å². The molecule has 12 heavy (non-hydrogen) atoms. The maximum absolute atomic E-state index is 8.30. The highest BCUT2D eigenvalue weighted by Crippen LogP contribution is 2.23. The van der Waals surface area contributed by atoms with Gasteiger partial charge in [0.15, 0.2) is 0 Å². The van der Waals surface area contributed by atoms with Gasteiger partial charge in [0.05, 0.1) is 12.2 Å². The minimum Gasteiger partial charge on any atom is -0.409 e. The van der Waals surface area contributed by atoms with Crippen LogP contribution in [0.2, 0.25) is 0 Å². The number of ether oxygens (including phenoxy) is 1. The van der Waals surface area contributed by atoms with Crippen molar-refractivity contribution in [2.75, 3.05) is 0 Å². The highest BCUT2D eigenvalue weighted by molar-refractivity contribution is 5.79. The van der Waals surface area contributed by atoms with Gasteiger partial charge >= 0.3 is 0 Å². The quantitative estimate of drug-likeness (QED) is 0.288. The summed E-state index contributed by atoms with van der Waals surface area (Å²) in [5.74, 6) is 0.238. The number of hydrogen-bond donors (Lipinski definition) is 2. The molecule has 0 aliphatic heterocycles. The molecule has 1 saturated carbocycles. The Balaban J connectivity index is 2.14. The smallest absolute Gasteiger partial charge is 0.141 e. The third-order valence-electron chi connectivity index (χ3n) is 2.10. The van der Waals surface area contributed by atoms with Crippen molar-refractivity contribution in [3.63, 3.8) is 0 Å². The minimum absolute atomic E-state index is 0.0613. The predicted octanol–water partition coefficient (Wildman–Crippen LogP) is 1.08. The number of nitrogens with zero attached hydrogens (tertiary/aromatic N) is 1. The fraction of sp³-hybridized carbons (Fsp3) is 0.875. The van der Waals surface area contributed by atoms with E-state index in [-0.39, 0.29) is 11.9 Å². The molecule has 1 atom stereocenters. The minimum atomic E-state index is 0.0613. The largest absolute Gasteiger partial charge is 0.409 e. The van der Waals surface area contributed by atoms with Gasteiger partial charge in [-0.2, -0.15) is 0 Å². The van der Waals surface area contributed by atoms with Crippen LogP contribution in [0.5, 0.6) is 0 Å². The molecule has 4 heteroatoms. The Kier molecular flexibility index (Phi) is 3.34. The Morgan fingerprint density at radius 2 is 2.42 bits per heavy atom. The number of oxime groups is 1. The van der Waals surface area contributed by atoms with Crippen molar-refractivity contribution < 1.29 is 9.94 Å². The Hall–Kier alpha value is -0.770. The molecule has 0 radical (unpaired) electrons. The second-order valence-electron chi connectivity index (χ2n) is 3.30. The zero-order valence-electron chi connectivity index (χ0n) is 7.36. The maximum Gasteiger partial charge on any atom is 0.141 e. The highest BCUT2D eigenvalue weighted by atomic mass is 16.5. The van der Waals surface area contributed by atoms with E-state index in [2.05, 4.69) is 5.16 Å². The third kappa shape index (κ3) is 2.70. The zero-order valence-corrected chi connectivity index (χ0v) is 7.36. The fourth-order valence-electron chi connectivity index (χ4n) is 1.22. The Labute approximate surface area is 72.4 Å². The van der Waals surface area contributed by atoms with Crippen LogP contribution in [0.4, 0.5) is 0 Å². The van der Waals surface area contributed by atoms with E-state index in [4.69, 9.17) is 15.7 Å². The van der Waals surface area contributed by atoms with Gasteiger partial charge in [0, 0.05) is 6.42 Å². The Morgan fingerprint density at radius 3 is 2.83 bits per heavy atom. The highest BCUT2D eigenvalue weighted by Gasteiger charge is 2.20. The molecule has 3 N–H and O–H groups in total. The number of rotatable bonds is 4. The molecule has 1 fully saturated rings. The molecule has 0 heterocycles. The summed E-state index contributed by atoms with van der Waals surface area (Å²) >= 11 is 0. The van der Waals surface area contributed by atoms with Gasteiger partial charge in [0.1, 0.15) is 5.84 Å². The molecule has 1 unspecified atom stereocenters. The van der Waals surface area contributed by atoms with E-state index < -0.39 is 0 Å². The van der Waals surface area contributed by atoms with E-state index in [1.807, 2.05) is 6.92 Å². The van der Waals surface area contributed by atoms with Crippen molar-refractivity contribution in [1.29, 1.82) is 0 Å². The van der Waals surface area contributed by atoms with Crippen LogP contribution >= 0.6 is 0 Å².